The highest BCUT2D eigenvalue weighted by atomic mass is 14.7. The lowest BCUT2D eigenvalue weighted by atomic mass is 9.51. The summed E-state index contributed by atoms with van der Waals surface area (Å²) in [6, 6.07) is 70.8. The number of hydrogen-bond acceptors (Lipinski definition) is 1. The van der Waals surface area contributed by atoms with Gasteiger partial charge >= 0.3 is 0 Å². The van der Waals surface area contributed by atoms with Crippen LogP contribution in [0.5, 0.6) is 0 Å². The summed E-state index contributed by atoms with van der Waals surface area (Å²) in [6.45, 7) is 0. The number of allylic oxidation sites excluding steroid dienone is 4. The molecule has 0 N–H and O–H groups in total. The van der Waals surface area contributed by atoms with E-state index in [1.807, 2.05) is 0 Å². The average Bonchev–Trinajstić information content (AvgIpc) is 3.76. The molecule has 0 aliphatic heterocycles. The number of pyridine rings is 1. The molecule has 1 heteroatoms. The van der Waals surface area contributed by atoms with Crippen LogP contribution in [0.15, 0.2) is 206 Å². The van der Waals surface area contributed by atoms with Crippen molar-refractivity contribution in [3.63, 3.8) is 0 Å². The number of para-hydroxylation sites is 1. The van der Waals surface area contributed by atoms with E-state index in [1.54, 1.807) is 0 Å². The lowest BCUT2D eigenvalue weighted by molar-refractivity contribution is 0.607. The summed E-state index contributed by atoms with van der Waals surface area (Å²) in [5.41, 5.74) is 20.9. The van der Waals surface area contributed by atoms with Crippen LogP contribution in [0, 0.1) is 0 Å². The molecule has 4 aliphatic carbocycles. The maximum Gasteiger partial charge on any atom is 0.0726 e. The normalized spacial score (nSPS) is 17.6. The highest BCUT2D eigenvalue weighted by Gasteiger charge is 2.60. The van der Waals surface area contributed by atoms with Gasteiger partial charge in [-0.1, -0.05) is 182 Å². The van der Waals surface area contributed by atoms with Crippen LogP contribution in [0.1, 0.15) is 57.3 Å². The van der Waals surface area contributed by atoms with E-state index in [9.17, 15) is 0 Å². The van der Waals surface area contributed by atoms with Crippen LogP contribution in [0.4, 0.5) is 0 Å². The lowest BCUT2D eigenvalue weighted by Gasteiger charge is -2.50. The molecule has 0 saturated heterocycles. The third-order valence-corrected chi connectivity index (χ3v) is 13.8. The number of hydrogen-bond donors (Lipinski definition) is 0. The fourth-order valence-corrected chi connectivity index (χ4v) is 11.7. The van der Waals surface area contributed by atoms with E-state index in [-0.39, 0.29) is 0 Å². The van der Waals surface area contributed by atoms with Crippen molar-refractivity contribution in [2.24, 2.45) is 0 Å². The molecular formula is C57H37N. The Hall–Kier alpha value is -7.09. The Labute approximate surface area is 338 Å². The second kappa shape index (κ2) is 11.7. The van der Waals surface area contributed by atoms with Gasteiger partial charge in [-0.05, 0) is 120 Å². The Morgan fingerprint density at radius 1 is 0.414 bits per heavy atom. The monoisotopic (exact) mass is 735 g/mol. The van der Waals surface area contributed by atoms with Gasteiger partial charge in [0.15, 0.2) is 0 Å². The Balaban J connectivity index is 1.22. The molecule has 1 nitrogen and oxygen atoms in total. The molecule has 0 bridgehead atoms. The molecule has 4 aliphatic rings. The minimum absolute atomic E-state index is 0.464. The van der Waals surface area contributed by atoms with E-state index in [0.717, 1.165) is 29.4 Å². The predicted octanol–water partition coefficient (Wildman–Crippen LogP) is 13.9. The zero-order valence-corrected chi connectivity index (χ0v) is 31.9. The molecule has 13 rings (SSSR count). The average molecular weight is 736 g/mol. The van der Waals surface area contributed by atoms with Crippen LogP contribution in [0.25, 0.3) is 60.8 Å². The molecule has 270 valence electrons. The molecule has 58 heavy (non-hydrogen) atoms. The summed E-state index contributed by atoms with van der Waals surface area (Å²) in [6.07, 6.45) is 6.83. The SMILES string of the molecule is C1=CC2=C(CC1)C1(c3ccccc32)c2ccccc2C2(c3ccccc3-c3ccccc32)c2c(-c3cc(-c4ccc5ccccc5c4)c4ccccc4n3)cccc21. The van der Waals surface area contributed by atoms with Crippen molar-refractivity contribution in [3.05, 3.63) is 250 Å². The van der Waals surface area contributed by atoms with Crippen molar-refractivity contribution >= 4 is 27.2 Å². The number of aromatic nitrogens is 1. The molecule has 1 atom stereocenters. The fourth-order valence-electron chi connectivity index (χ4n) is 11.7. The first-order valence-corrected chi connectivity index (χ1v) is 20.6. The van der Waals surface area contributed by atoms with Gasteiger partial charge in [0.1, 0.15) is 0 Å². The van der Waals surface area contributed by atoms with E-state index in [0.29, 0.717) is 0 Å². The Morgan fingerprint density at radius 3 is 1.78 bits per heavy atom. The molecule has 0 saturated carbocycles. The minimum atomic E-state index is -0.583. The second-order valence-electron chi connectivity index (χ2n) is 16.4. The van der Waals surface area contributed by atoms with Gasteiger partial charge in [0.25, 0.3) is 0 Å². The number of fused-ring (bicyclic) bond motifs is 17. The summed E-state index contributed by atoms with van der Waals surface area (Å²) < 4.78 is 0. The van der Waals surface area contributed by atoms with Crippen LogP contribution in [0.2, 0.25) is 0 Å². The lowest BCUT2D eigenvalue weighted by Crippen LogP contribution is -2.44. The van der Waals surface area contributed by atoms with Crippen LogP contribution in [-0.2, 0) is 10.8 Å². The standard InChI is InChI=1S/C57H37N/c1-2-17-37-34-38(33-32-36(37)16-1)45-35-54(58-53-31-14-7-22-43(45)53)44-23-15-30-52-55(44)57(48-26-10-5-20-41(48)42-21-6-11-27-49(42)57)51-29-13-12-28-50(51)56(52)46-24-8-3-18-39(46)40-19-4-9-25-47(40)56/h1-8,10-24,26-35H,9,25H2. The van der Waals surface area contributed by atoms with Crippen molar-refractivity contribution in [2.75, 3.05) is 0 Å². The number of nitrogens with zero attached hydrogens (tertiary/aromatic N) is 1. The van der Waals surface area contributed by atoms with Crippen molar-refractivity contribution in [2.45, 2.75) is 23.7 Å². The summed E-state index contributed by atoms with van der Waals surface area (Å²) in [4.78, 5) is 5.64. The Bertz CT molecular complexity index is 3260. The Morgan fingerprint density at radius 2 is 1.00 bits per heavy atom. The maximum absolute atomic E-state index is 5.64. The van der Waals surface area contributed by atoms with Gasteiger partial charge in [-0.2, -0.15) is 0 Å². The van der Waals surface area contributed by atoms with Crippen LogP contribution in [-0.4, -0.2) is 4.98 Å². The van der Waals surface area contributed by atoms with Gasteiger partial charge < -0.3 is 0 Å². The smallest absolute Gasteiger partial charge is 0.0726 e. The summed E-state index contributed by atoms with van der Waals surface area (Å²) in [5, 5.41) is 3.64. The third-order valence-electron chi connectivity index (χ3n) is 13.8. The molecular weight excluding hydrogens is 699 g/mol. The van der Waals surface area contributed by atoms with E-state index >= 15 is 0 Å². The molecule has 8 aromatic carbocycles. The molecule has 0 radical (unpaired) electrons. The predicted molar refractivity (Wildman–Crippen MR) is 239 cm³/mol. The van der Waals surface area contributed by atoms with Crippen LogP contribution >= 0.6 is 0 Å². The fraction of sp³-hybridized carbons (Fsp3) is 0.0702. The number of rotatable bonds is 2. The van der Waals surface area contributed by atoms with Crippen molar-refractivity contribution in [3.8, 4) is 33.5 Å². The Kier molecular flexibility index (Phi) is 6.48. The first-order valence-electron chi connectivity index (χ1n) is 20.6. The van der Waals surface area contributed by atoms with Crippen molar-refractivity contribution in [1.82, 2.24) is 4.98 Å². The van der Waals surface area contributed by atoms with E-state index < -0.39 is 10.8 Å². The maximum atomic E-state index is 5.64. The second-order valence-corrected chi connectivity index (χ2v) is 16.4. The summed E-state index contributed by atoms with van der Waals surface area (Å²) in [7, 11) is 0. The van der Waals surface area contributed by atoms with Crippen molar-refractivity contribution in [1.29, 1.82) is 0 Å². The minimum Gasteiger partial charge on any atom is -0.248 e. The van der Waals surface area contributed by atoms with Crippen molar-refractivity contribution < 1.29 is 0 Å². The molecule has 1 unspecified atom stereocenters. The summed E-state index contributed by atoms with van der Waals surface area (Å²) >= 11 is 0. The summed E-state index contributed by atoms with van der Waals surface area (Å²) in [5.74, 6) is 0. The van der Waals surface area contributed by atoms with Gasteiger partial charge in [-0.3, -0.25) is 0 Å². The highest BCUT2D eigenvalue weighted by molar-refractivity contribution is 6.01. The molecule has 9 aromatic rings. The first-order chi connectivity index (χ1) is 28.8. The molecule has 1 heterocycles. The molecule has 2 spiro atoms. The molecule has 0 fully saturated rings. The number of benzene rings is 8. The third kappa shape index (κ3) is 3.93. The molecule has 0 amide bonds. The van der Waals surface area contributed by atoms with Gasteiger partial charge in [-0.25, -0.2) is 4.98 Å². The van der Waals surface area contributed by atoms with Crippen LogP contribution < -0.4 is 0 Å². The topological polar surface area (TPSA) is 12.9 Å². The highest BCUT2D eigenvalue weighted by Crippen LogP contribution is 2.69. The van der Waals surface area contributed by atoms with E-state index in [4.69, 9.17) is 4.98 Å². The zero-order chi connectivity index (χ0) is 38.0. The van der Waals surface area contributed by atoms with Crippen LogP contribution in [0.3, 0.4) is 0 Å². The van der Waals surface area contributed by atoms with Gasteiger partial charge in [-0.15, -0.1) is 0 Å². The van der Waals surface area contributed by atoms with Gasteiger partial charge in [0.05, 0.1) is 22.0 Å². The van der Waals surface area contributed by atoms with E-state index in [1.165, 1.54) is 94.2 Å². The quantitative estimate of drug-likeness (QED) is 0.172. The van der Waals surface area contributed by atoms with E-state index in [2.05, 4.69) is 200 Å². The zero-order valence-electron chi connectivity index (χ0n) is 31.9. The first kappa shape index (κ1) is 32.0. The molecule has 1 aromatic heterocycles. The van der Waals surface area contributed by atoms with Gasteiger partial charge in [0.2, 0.25) is 0 Å². The largest absolute Gasteiger partial charge is 0.248 e. The van der Waals surface area contributed by atoms with Gasteiger partial charge in [0, 0.05) is 10.9 Å².